The predicted octanol–water partition coefficient (Wildman–Crippen LogP) is 2.87. The quantitative estimate of drug-likeness (QED) is 0.664. The zero-order valence-electron chi connectivity index (χ0n) is 16.8. The van der Waals surface area contributed by atoms with Gasteiger partial charge in [-0.25, -0.2) is 4.98 Å². The van der Waals surface area contributed by atoms with Crippen LogP contribution in [0.1, 0.15) is 12.0 Å². The van der Waals surface area contributed by atoms with Crippen molar-refractivity contribution < 1.29 is 9.53 Å². The van der Waals surface area contributed by atoms with Gasteiger partial charge in [0.25, 0.3) is 0 Å². The van der Waals surface area contributed by atoms with Gasteiger partial charge >= 0.3 is 0 Å². The van der Waals surface area contributed by atoms with Crippen LogP contribution in [-0.4, -0.2) is 47.1 Å². The van der Waals surface area contributed by atoms with E-state index in [0.717, 1.165) is 26.9 Å². The number of thiazole rings is 1. The summed E-state index contributed by atoms with van der Waals surface area (Å²) in [5, 5.41) is 19.9. The van der Waals surface area contributed by atoms with Crippen LogP contribution < -0.4 is 5.73 Å². The first-order valence-corrected chi connectivity index (χ1v) is 10.8. The predicted molar refractivity (Wildman–Crippen MR) is 118 cm³/mol. The van der Waals surface area contributed by atoms with Crippen LogP contribution in [0.2, 0.25) is 0 Å². The highest BCUT2D eigenvalue weighted by Crippen LogP contribution is 2.28. The van der Waals surface area contributed by atoms with Crippen LogP contribution >= 0.6 is 11.3 Å². The summed E-state index contributed by atoms with van der Waals surface area (Å²) < 4.78 is 6.62. The highest BCUT2D eigenvalue weighted by molar-refractivity contribution is 7.16. The number of nitriles is 2. The first-order valence-electron chi connectivity index (χ1n) is 9.96. The molecular formula is C23H21N5O2S. The molecule has 31 heavy (non-hydrogen) atoms. The van der Waals surface area contributed by atoms with Crippen LogP contribution in [0.25, 0.3) is 21.3 Å². The normalized spacial score (nSPS) is 17.5. The second kappa shape index (κ2) is 8.83. The summed E-state index contributed by atoms with van der Waals surface area (Å²) in [6.45, 7) is 0.980. The van der Waals surface area contributed by atoms with E-state index >= 15 is 0 Å². The molecule has 0 spiro atoms. The lowest BCUT2D eigenvalue weighted by Gasteiger charge is -2.33. The van der Waals surface area contributed by atoms with E-state index in [1.165, 1.54) is 0 Å². The molecule has 2 heterocycles. The summed E-state index contributed by atoms with van der Waals surface area (Å²) in [5.74, 6) is -0.585. The van der Waals surface area contributed by atoms with E-state index in [4.69, 9.17) is 10.5 Å². The lowest BCUT2D eigenvalue weighted by Crippen LogP contribution is -2.52. The van der Waals surface area contributed by atoms with Crippen molar-refractivity contribution in [1.29, 1.82) is 10.5 Å². The van der Waals surface area contributed by atoms with Crippen molar-refractivity contribution in [2.24, 2.45) is 5.73 Å². The fraction of sp³-hybridized carbons (Fsp3) is 0.304. The average molecular weight is 432 g/mol. The van der Waals surface area contributed by atoms with Crippen LogP contribution in [0.4, 0.5) is 0 Å². The minimum Gasteiger partial charge on any atom is -0.367 e. The molecule has 1 aliphatic rings. The molecule has 3 aromatic rings. The van der Waals surface area contributed by atoms with Crippen molar-refractivity contribution in [3.63, 3.8) is 0 Å². The topological polar surface area (TPSA) is 116 Å². The SMILES string of the molecule is N#CC(C#N)(Cc1ccc(-c2ccc3scnc3c2)cc1)N1CCCO[C@H](C(N)=O)C1. The van der Waals surface area contributed by atoms with Crippen LogP contribution in [0, 0.1) is 22.7 Å². The molecule has 1 amide bonds. The largest absolute Gasteiger partial charge is 0.367 e. The molecule has 156 valence electrons. The lowest BCUT2D eigenvalue weighted by atomic mass is 9.90. The van der Waals surface area contributed by atoms with E-state index < -0.39 is 17.6 Å². The monoisotopic (exact) mass is 431 g/mol. The molecule has 0 saturated carbocycles. The Hall–Kier alpha value is -3.30. The van der Waals surface area contributed by atoms with E-state index in [9.17, 15) is 15.3 Å². The van der Waals surface area contributed by atoms with E-state index in [2.05, 4.69) is 35.3 Å². The van der Waals surface area contributed by atoms with Gasteiger partial charge in [-0.3, -0.25) is 9.69 Å². The number of carbonyl (C=O) groups is 1. The maximum Gasteiger partial charge on any atom is 0.247 e. The van der Waals surface area contributed by atoms with Gasteiger partial charge in [0.15, 0.2) is 0 Å². The number of amides is 1. The standard InChI is InChI=1S/C23H21N5O2S/c24-13-23(14-25,28-8-1-9-30-20(12-28)22(26)29)11-16-2-4-17(5-3-16)18-6-7-21-19(10-18)27-15-31-21/h2-7,10,15,20H,1,8-9,11-12H2,(H2,26,29)/t20-/m0/s1. The number of nitrogens with zero attached hydrogens (tertiary/aromatic N) is 4. The Labute approximate surface area is 184 Å². The summed E-state index contributed by atoms with van der Waals surface area (Å²) in [5.41, 5.74) is 9.77. The summed E-state index contributed by atoms with van der Waals surface area (Å²) in [7, 11) is 0. The second-order valence-corrected chi connectivity index (χ2v) is 8.44. The van der Waals surface area contributed by atoms with Crippen LogP contribution in [0.15, 0.2) is 48.0 Å². The van der Waals surface area contributed by atoms with Gasteiger partial charge in [-0.2, -0.15) is 10.5 Å². The molecule has 1 aliphatic heterocycles. The summed E-state index contributed by atoms with van der Waals surface area (Å²) >= 11 is 1.61. The van der Waals surface area contributed by atoms with Crippen LogP contribution in [0.5, 0.6) is 0 Å². The van der Waals surface area contributed by atoms with E-state index in [-0.39, 0.29) is 13.0 Å². The molecule has 2 N–H and O–H groups in total. The molecule has 1 atom stereocenters. The Morgan fingerprint density at radius 1 is 1.23 bits per heavy atom. The minimum absolute atomic E-state index is 0.127. The number of primary amides is 1. The van der Waals surface area contributed by atoms with E-state index in [0.29, 0.717) is 19.6 Å². The van der Waals surface area contributed by atoms with Gasteiger partial charge < -0.3 is 10.5 Å². The summed E-state index contributed by atoms with van der Waals surface area (Å²) in [6.07, 6.45) is 0.00987. The minimum atomic E-state index is -1.40. The molecule has 0 bridgehead atoms. The molecule has 8 heteroatoms. The Kier molecular flexibility index (Phi) is 5.97. The third-order valence-corrected chi connectivity index (χ3v) is 6.39. The fourth-order valence-corrected chi connectivity index (χ4v) is 4.51. The van der Waals surface area contributed by atoms with Crippen molar-refractivity contribution in [1.82, 2.24) is 9.88 Å². The highest BCUT2D eigenvalue weighted by atomic mass is 32.1. The maximum atomic E-state index is 11.7. The van der Waals surface area contributed by atoms with Crippen molar-refractivity contribution in [3.8, 4) is 23.3 Å². The molecule has 7 nitrogen and oxygen atoms in total. The molecule has 0 unspecified atom stereocenters. The maximum absolute atomic E-state index is 11.7. The zero-order chi connectivity index (χ0) is 21.8. The molecule has 0 radical (unpaired) electrons. The van der Waals surface area contributed by atoms with Gasteiger partial charge in [-0.1, -0.05) is 30.3 Å². The molecule has 1 aromatic heterocycles. The molecule has 4 rings (SSSR count). The van der Waals surface area contributed by atoms with Gasteiger partial charge in [0.2, 0.25) is 11.4 Å². The van der Waals surface area contributed by atoms with Gasteiger partial charge in [-0.15, -0.1) is 11.3 Å². The Balaban J connectivity index is 1.57. The van der Waals surface area contributed by atoms with E-state index in [1.54, 1.807) is 16.2 Å². The molecule has 2 aromatic carbocycles. The second-order valence-electron chi connectivity index (χ2n) is 7.55. The Morgan fingerprint density at radius 3 is 2.68 bits per heavy atom. The number of ether oxygens (including phenoxy) is 1. The molecule has 1 fully saturated rings. The Morgan fingerprint density at radius 2 is 1.97 bits per heavy atom. The van der Waals surface area contributed by atoms with Gasteiger partial charge in [0, 0.05) is 26.1 Å². The number of benzene rings is 2. The zero-order valence-corrected chi connectivity index (χ0v) is 17.6. The smallest absolute Gasteiger partial charge is 0.247 e. The van der Waals surface area contributed by atoms with Gasteiger partial charge in [0.1, 0.15) is 18.2 Å². The number of hydrogen-bond acceptors (Lipinski definition) is 7. The summed E-state index contributed by atoms with van der Waals surface area (Å²) in [6, 6.07) is 18.4. The molecule has 0 aliphatic carbocycles. The molecule has 1 saturated heterocycles. The van der Waals surface area contributed by atoms with Gasteiger partial charge in [-0.05, 0) is 35.2 Å². The lowest BCUT2D eigenvalue weighted by molar-refractivity contribution is -0.129. The number of rotatable bonds is 5. The van der Waals surface area contributed by atoms with Crippen molar-refractivity contribution in [2.75, 3.05) is 19.7 Å². The number of aromatic nitrogens is 1. The first-order chi connectivity index (χ1) is 15.0. The fourth-order valence-electron chi connectivity index (χ4n) is 3.85. The molecular weight excluding hydrogens is 410 g/mol. The Bertz CT molecular complexity index is 1160. The number of carbonyl (C=O) groups excluding carboxylic acids is 1. The third-order valence-electron chi connectivity index (χ3n) is 5.58. The number of fused-ring (bicyclic) bond motifs is 1. The highest BCUT2D eigenvalue weighted by Gasteiger charge is 2.40. The summed E-state index contributed by atoms with van der Waals surface area (Å²) in [4.78, 5) is 17.7. The number of nitrogens with two attached hydrogens (primary N) is 1. The number of hydrogen-bond donors (Lipinski definition) is 1. The first kappa shape index (κ1) is 21.0. The average Bonchev–Trinajstić information content (AvgIpc) is 3.12. The van der Waals surface area contributed by atoms with Crippen LogP contribution in [0.3, 0.4) is 0 Å². The van der Waals surface area contributed by atoms with E-state index in [1.807, 2.05) is 29.8 Å². The van der Waals surface area contributed by atoms with Crippen molar-refractivity contribution in [3.05, 3.63) is 53.5 Å². The van der Waals surface area contributed by atoms with Crippen molar-refractivity contribution in [2.45, 2.75) is 24.5 Å². The van der Waals surface area contributed by atoms with Crippen molar-refractivity contribution >= 4 is 27.5 Å². The third kappa shape index (κ3) is 4.28. The van der Waals surface area contributed by atoms with Gasteiger partial charge in [0.05, 0.1) is 15.7 Å². The van der Waals surface area contributed by atoms with Crippen LogP contribution in [-0.2, 0) is 16.0 Å².